The molecule has 1 saturated heterocycles. The van der Waals surface area contributed by atoms with E-state index < -0.39 is 24.8 Å². The molecular formula is C9H15F3N2O2. The zero-order valence-corrected chi connectivity index (χ0v) is 9.01. The topological polar surface area (TPSA) is 41.6 Å². The Bertz CT molecular complexity index is 239. The number of piperazine rings is 1. The second-order valence-corrected chi connectivity index (χ2v) is 3.63. The van der Waals surface area contributed by atoms with Gasteiger partial charge in [0.2, 0.25) is 5.91 Å². The molecule has 4 nitrogen and oxygen atoms in total. The van der Waals surface area contributed by atoms with Crippen molar-refractivity contribution in [3.05, 3.63) is 0 Å². The van der Waals surface area contributed by atoms with Crippen molar-refractivity contribution < 1.29 is 22.7 Å². The van der Waals surface area contributed by atoms with Gasteiger partial charge in [-0.1, -0.05) is 0 Å². The van der Waals surface area contributed by atoms with E-state index in [0.717, 1.165) is 6.92 Å². The number of ether oxygens (including phenoxy) is 1. The minimum absolute atomic E-state index is 0.391. The highest BCUT2D eigenvalue weighted by atomic mass is 19.4. The van der Waals surface area contributed by atoms with Crippen LogP contribution < -0.4 is 5.32 Å². The normalized spacial score (nSPS) is 19.6. The van der Waals surface area contributed by atoms with Gasteiger partial charge in [-0.3, -0.25) is 4.79 Å². The van der Waals surface area contributed by atoms with Crippen LogP contribution in [-0.2, 0) is 9.53 Å². The van der Waals surface area contributed by atoms with E-state index in [4.69, 9.17) is 0 Å². The van der Waals surface area contributed by atoms with E-state index in [9.17, 15) is 18.0 Å². The van der Waals surface area contributed by atoms with E-state index in [2.05, 4.69) is 10.1 Å². The Morgan fingerprint density at radius 1 is 1.44 bits per heavy atom. The lowest BCUT2D eigenvalue weighted by atomic mass is 10.3. The van der Waals surface area contributed by atoms with Crippen LogP contribution in [0.2, 0.25) is 0 Å². The van der Waals surface area contributed by atoms with Crippen molar-refractivity contribution in [3.8, 4) is 0 Å². The summed E-state index contributed by atoms with van der Waals surface area (Å²) in [5, 5.41) is 3.04. The van der Waals surface area contributed by atoms with Gasteiger partial charge in [-0.25, -0.2) is 0 Å². The van der Waals surface area contributed by atoms with Gasteiger partial charge in [0.25, 0.3) is 0 Å². The molecule has 0 aliphatic carbocycles. The summed E-state index contributed by atoms with van der Waals surface area (Å²) in [5.41, 5.74) is 0. The summed E-state index contributed by atoms with van der Waals surface area (Å²) in [4.78, 5) is 12.9. The lowest BCUT2D eigenvalue weighted by Crippen LogP contribution is -2.48. The van der Waals surface area contributed by atoms with Gasteiger partial charge in [0.1, 0.15) is 6.61 Å². The monoisotopic (exact) mass is 240 g/mol. The van der Waals surface area contributed by atoms with E-state index in [0.29, 0.717) is 26.2 Å². The van der Waals surface area contributed by atoms with Gasteiger partial charge in [-0.05, 0) is 6.92 Å². The number of rotatable bonds is 3. The third-order valence-corrected chi connectivity index (χ3v) is 2.39. The highest BCUT2D eigenvalue weighted by molar-refractivity contribution is 5.77. The predicted octanol–water partition coefficient (Wildman–Crippen LogP) is 0.386. The molecule has 0 saturated carbocycles. The molecule has 1 N–H and O–H groups in total. The third kappa shape index (κ3) is 3.97. The first-order valence-corrected chi connectivity index (χ1v) is 5.08. The van der Waals surface area contributed by atoms with Gasteiger partial charge >= 0.3 is 6.18 Å². The molecule has 1 rings (SSSR count). The molecular weight excluding hydrogens is 225 g/mol. The van der Waals surface area contributed by atoms with Gasteiger partial charge in [-0.15, -0.1) is 0 Å². The molecule has 0 bridgehead atoms. The lowest BCUT2D eigenvalue weighted by Gasteiger charge is -2.28. The molecule has 0 aromatic carbocycles. The van der Waals surface area contributed by atoms with Crippen molar-refractivity contribution in [2.24, 2.45) is 0 Å². The SMILES string of the molecule is CC(OCC(=O)N1CCNCC1)C(F)(F)F. The molecule has 1 amide bonds. The number of nitrogens with one attached hydrogen (secondary N) is 1. The van der Waals surface area contributed by atoms with Crippen LogP contribution >= 0.6 is 0 Å². The maximum absolute atomic E-state index is 12.1. The Kier molecular flexibility index (Phi) is 4.55. The highest BCUT2D eigenvalue weighted by Gasteiger charge is 2.37. The predicted molar refractivity (Wildman–Crippen MR) is 50.9 cm³/mol. The Morgan fingerprint density at radius 3 is 2.50 bits per heavy atom. The summed E-state index contributed by atoms with van der Waals surface area (Å²) in [6.45, 7) is 2.75. The van der Waals surface area contributed by atoms with Crippen LogP contribution in [0.3, 0.4) is 0 Å². The van der Waals surface area contributed by atoms with E-state index in [1.807, 2.05) is 0 Å². The summed E-state index contributed by atoms with van der Waals surface area (Å²) < 4.78 is 40.7. The average molecular weight is 240 g/mol. The summed E-state index contributed by atoms with van der Waals surface area (Å²) in [5.74, 6) is -0.391. The number of alkyl halides is 3. The fourth-order valence-corrected chi connectivity index (χ4v) is 1.30. The maximum Gasteiger partial charge on any atom is 0.414 e. The maximum atomic E-state index is 12.1. The Balaban J connectivity index is 2.29. The minimum atomic E-state index is -4.41. The number of nitrogens with zero attached hydrogens (tertiary/aromatic N) is 1. The molecule has 1 heterocycles. The summed E-state index contributed by atoms with van der Waals surface area (Å²) in [6, 6.07) is 0. The number of hydrogen-bond donors (Lipinski definition) is 1. The van der Waals surface area contributed by atoms with Crippen LogP contribution in [0, 0.1) is 0 Å². The largest absolute Gasteiger partial charge is 0.414 e. The second kappa shape index (κ2) is 5.49. The number of hydrogen-bond acceptors (Lipinski definition) is 3. The zero-order valence-electron chi connectivity index (χ0n) is 9.01. The highest BCUT2D eigenvalue weighted by Crippen LogP contribution is 2.22. The zero-order chi connectivity index (χ0) is 12.2. The van der Waals surface area contributed by atoms with Gasteiger partial charge in [0.15, 0.2) is 6.10 Å². The van der Waals surface area contributed by atoms with Crippen molar-refractivity contribution >= 4 is 5.91 Å². The Morgan fingerprint density at radius 2 is 2.00 bits per heavy atom. The fraction of sp³-hybridized carbons (Fsp3) is 0.889. The van der Waals surface area contributed by atoms with E-state index >= 15 is 0 Å². The lowest BCUT2D eigenvalue weighted by molar-refractivity contribution is -0.214. The van der Waals surface area contributed by atoms with Crippen molar-refractivity contribution in [3.63, 3.8) is 0 Å². The molecule has 7 heteroatoms. The van der Waals surface area contributed by atoms with E-state index in [-0.39, 0.29) is 0 Å². The molecule has 0 radical (unpaired) electrons. The van der Waals surface area contributed by atoms with Crippen molar-refractivity contribution in [1.29, 1.82) is 0 Å². The van der Waals surface area contributed by atoms with Crippen molar-refractivity contribution in [1.82, 2.24) is 10.2 Å². The van der Waals surface area contributed by atoms with Crippen LogP contribution in [0.25, 0.3) is 0 Å². The van der Waals surface area contributed by atoms with Crippen molar-refractivity contribution in [2.75, 3.05) is 32.8 Å². The molecule has 1 aliphatic heterocycles. The van der Waals surface area contributed by atoms with Gasteiger partial charge in [0.05, 0.1) is 0 Å². The average Bonchev–Trinajstić information content (AvgIpc) is 2.25. The first-order valence-electron chi connectivity index (χ1n) is 5.08. The fourth-order valence-electron chi connectivity index (χ4n) is 1.30. The molecule has 16 heavy (non-hydrogen) atoms. The number of amides is 1. The summed E-state index contributed by atoms with van der Waals surface area (Å²) in [7, 11) is 0. The quantitative estimate of drug-likeness (QED) is 0.775. The van der Waals surface area contributed by atoms with Gasteiger partial charge < -0.3 is 15.0 Å². The standard InChI is InChI=1S/C9H15F3N2O2/c1-7(9(10,11)12)16-6-8(15)14-4-2-13-3-5-14/h7,13H,2-6H2,1H3. The van der Waals surface area contributed by atoms with Crippen LogP contribution in [0.4, 0.5) is 13.2 Å². The van der Waals surface area contributed by atoms with Crippen LogP contribution in [-0.4, -0.2) is 55.9 Å². The molecule has 94 valence electrons. The molecule has 0 aromatic rings. The van der Waals surface area contributed by atoms with Crippen LogP contribution in [0.1, 0.15) is 6.92 Å². The molecule has 1 aliphatic rings. The second-order valence-electron chi connectivity index (χ2n) is 3.63. The van der Waals surface area contributed by atoms with Crippen LogP contribution in [0.15, 0.2) is 0 Å². The first-order chi connectivity index (χ1) is 7.41. The Hall–Kier alpha value is -0.820. The number of carbonyl (C=O) groups excluding carboxylic acids is 1. The summed E-state index contributed by atoms with van der Waals surface area (Å²) >= 11 is 0. The summed E-state index contributed by atoms with van der Waals surface area (Å²) in [6.07, 6.45) is -6.32. The van der Waals surface area contributed by atoms with Crippen molar-refractivity contribution in [2.45, 2.75) is 19.2 Å². The Labute approximate surface area is 91.7 Å². The van der Waals surface area contributed by atoms with Gasteiger partial charge in [-0.2, -0.15) is 13.2 Å². The van der Waals surface area contributed by atoms with E-state index in [1.165, 1.54) is 4.90 Å². The minimum Gasteiger partial charge on any atom is -0.359 e. The smallest absolute Gasteiger partial charge is 0.359 e. The number of halogens is 3. The molecule has 1 fully saturated rings. The molecule has 0 aromatic heterocycles. The molecule has 1 atom stereocenters. The van der Waals surface area contributed by atoms with Crippen LogP contribution in [0.5, 0.6) is 0 Å². The first kappa shape index (κ1) is 13.2. The molecule has 0 spiro atoms. The van der Waals surface area contributed by atoms with E-state index in [1.54, 1.807) is 0 Å². The van der Waals surface area contributed by atoms with Gasteiger partial charge in [0, 0.05) is 26.2 Å². The third-order valence-electron chi connectivity index (χ3n) is 2.39. The number of carbonyl (C=O) groups is 1. The molecule has 1 unspecified atom stereocenters.